The van der Waals surface area contributed by atoms with E-state index in [0.29, 0.717) is 19.4 Å². The molecule has 2 rings (SSSR count). The number of benzene rings is 1. The summed E-state index contributed by atoms with van der Waals surface area (Å²) in [5, 5.41) is 24.7. The van der Waals surface area contributed by atoms with Crippen LogP contribution in [0.4, 0.5) is 0 Å². The Bertz CT molecular complexity index is 464. The van der Waals surface area contributed by atoms with Crippen LogP contribution in [0.3, 0.4) is 0 Å². The number of nitrogens with one attached hydrogen (secondary N) is 2. The van der Waals surface area contributed by atoms with Gasteiger partial charge in [-0.1, -0.05) is 31.2 Å². The summed E-state index contributed by atoms with van der Waals surface area (Å²) in [6.45, 7) is 1.95. The molecule has 4 N–H and O–H groups in total. The van der Waals surface area contributed by atoms with E-state index in [1.807, 2.05) is 31.2 Å². The summed E-state index contributed by atoms with van der Waals surface area (Å²) in [5.41, 5.74) is 1.44. The second-order valence-electron chi connectivity index (χ2n) is 5.35. The molecule has 0 aliphatic carbocycles. The van der Waals surface area contributed by atoms with E-state index in [0.717, 1.165) is 0 Å². The van der Waals surface area contributed by atoms with E-state index >= 15 is 0 Å². The highest BCUT2D eigenvalue weighted by molar-refractivity contribution is 5.83. The van der Waals surface area contributed by atoms with Crippen molar-refractivity contribution in [2.24, 2.45) is 0 Å². The third-order valence-electron chi connectivity index (χ3n) is 4.07. The van der Waals surface area contributed by atoms with Crippen LogP contribution >= 0.6 is 0 Å². The molecule has 1 aliphatic rings. The summed E-state index contributed by atoms with van der Waals surface area (Å²) in [6, 6.07) is 7.71. The third kappa shape index (κ3) is 3.00. The average Bonchev–Trinajstić information content (AvgIpc) is 2.52. The van der Waals surface area contributed by atoms with E-state index in [9.17, 15) is 15.0 Å². The van der Waals surface area contributed by atoms with Crippen LogP contribution in [-0.2, 0) is 17.8 Å². The van der Waals surface area contributed by atoms with Crippen LogP contribution in [0, 0.1) is 0 Å². The highest BCUT2D eigenvalue weighted by atomic mass is 16.3. The topological polar surface area (TPSA) is 81.6 Å². The minimum absolute atomic E-state index is 0.176. The van der Waals surface area contributed by atoms with Crippen LogP contribution in [-0.4, -0.2) is 40.9 Å². The van der Waals surface area contributed by atoms with E-state index in [-0.39, 0.29) is 25.2 Å². The summed E-state index contributed by atoms with van der Waals surface area (Å²) in [5.74, 6) is -0.176. The Morgan fingerprint density at radius 1 is 1.35 bits per heavy atom. The number of aliphatic hydroxyl groups excluding tert-OH is 2. The Kier molecular flexibility index (Phi) is 4.75. The predicted molar refractivity (Wildman–Crippen MR) is 76.1 cm³/mol. The number of fused-ring (bicyclic) bond motifs is 1. The van der Waals surface area contributed by atoms with Gasteiger partial charge in [-0.3, -0.25) is 4.79 Å². The van der Waals surface area contributed by atoms with Gasteiger partial charge in [-0.2, -0.15) is 0 Å². The minimum Gasteiger partial charge on any atom is -0.394 e. The normalized spacial score (nSPS) is 18.4. The first-order chi connectivity index (χ1) is 9.64. The van der Waals surface area contributed by atoms with Gasteiger partial charge in [0, 0.05) is 6.54 Å². The molecule has 0 spiro atoms. The molecule has 0 aromatic heterocycles. The smallest absolute Gasteiger partial charge is 0.238 e. The maximum Gasteiger partial charge on any atom is 0.238 e. The lowest BCUT2D eigenvalue weighted by Crippen LogP contribution is -2.59. The van der Waals surface area contributed by atoms with Gasteiger partial charge in [-0.25, -0.2) is 0 Å². The molecule has 1 atom stereocenters. The average molecular weight is 278 g/mol. The first-order valence-electron chi connectivity index (χ1n) is 6.98. The molecule has 1 unspecified atom stereocenters. The summed E-state index contributed by atoms with van der Waals surface area (Å²) in [7, 11) is 0. The molecule has 1 aromatic carbocycles. The molecule has 0 bridgehead atoms. The number of carbonyl (C=O) groups excluding carboxylic acids is 1. The number of carbonyl (C=O) groups is 1. The van der Waals surface area contributed by atoms with E-state index in [2.05, 4.69) is 10.6 Å². The molecule has 0 fully saturated rings. The summed E-state index contributed by atoms with van der Waals surface area (Å²) in [6.07, 6.45) is 1.10. The molecule has 1 aromatic rings. The van der Waals surface area contributed by atoms with E-state index < -0.39 is 5.54 Å². The number of amides is 1. The van der Waals surface area contributed by atoms with Crippen LogP contribution < -0.4 is 10.6 Å². The highest BCUT2D eigenvalue weighted by Gasteiger charge is 2.32. The highest BCUT2D eigenvalue weighted by Crippen LogP contribution is 2.17. The molecular weight excluding hydrogens is 256 g/mol. The lowest BCUT2D eigenvalue weighted by atomic mass is 9.93. The van der Waals surface area contributed by atoms with Crippen molar-refractivity contribution in [2.45, 2.75) is 37.9 Å². The Morgan fingerprint density at radius 3 is 2.60 bits per heavy atom. The Hall–Kier alpha value is -1.43. The molecule has 5 nitrogen and oxygen atoms in total. The van der Waals surface area contributed by atoms with Crippen molar-refractivity contribution in [1.29, 1.82) is 0 Å². The van der Waals surface area contributed by atoms with Gasteiger partial charge in [0.15, 0.2) is 0 Å². The van der Waals surface area contributed by atoms with E-state index in [4.69, 9.17) is 0 Å². The van der Waals surface area contributed by atoms with Gasteiger partial charge in [0.05, 0.1) is 24.8 Å². The number of hydrogen-bond acceptors (Lipinski definition) is 4. The van der Waals surface area contributed by atoms with Gasteiger partial charge < -0.3 is 20.8 Å². The molecule has 0 saturated carbocycles. The second kappa shape index (κ2) is 6.35. The molecule has 0 saturated heterocycles. The fourth-order valence-corrected chi connectivity index (χ4v) is 2.43. The fraction of sp³-hybridized carbons (Fsp3) is 0.533. The van der Waals surface area contributed by atoms with Gasteiger partial charge >= 0.3 is 0 Å². The van der Waals surface area contributed by atoms with Gasteiger partial charge in [0.25, 0.3) is 0 Å². The molecule has 110 valence electrons. The first kappa shape index (κ1) is 15.0. The number of aliphatic hydroxyl groups is 2. The zero-order valence-electron chi connectivity index (χ0n) is 11.7. The largest absolute Gasteiger partial charge is 0.394 e. The van der Waals surface area contributed by atoms with Crippen LogP contribution in [0.25, 0.3) is 0 Å². The van der Waals surface area contributed by atoms with Gasteiger partial charge in [0.1, 0.15) is 0 Å². The van der Waals surface area contributed by atoms with E-state index in [1.54, 1.807) is 0 Å². The van der Waals surface area contributed by atoms with Crippen LogP contribution in [0.15, 0.2) is 24.3 Å². The standard InChI is InChI=1S/C15H22N2O3/c1-2-15(9-18,10-19)17-14(20)13-7-11-5-3-4-6-12(11)8-16-13/h3-6,13,16,18-19H,2,7-10H2,1H3,(H,17,20). The lowest BCUT2D eigenvalue weighted by molar-refractivity contribution is -0.126. The lowest BCUT2D eigenvalue weighted by Gasteiger charge is -2.33. The zero-order valence-corrected chi connectivity index (χ0v) is 11.7. The summed E-state index contributed by atoms with van der Waals surface area (Å²) >= 11 is 0. The first-order valence-corrected chi connectivity index (χ1v) is 6.98. The Balaban J connectivity index is 2.05. The Labute approximate surface area is 119 Å². The van der Waals surface area contributed by atoms with Crippen LogP contribution in [0.1, 0.15) is 24.5 Å². The Morgan fingerprint density at radius 2 is 2.00 bits per heavy atom. The molecule has 1 aliphatic heterocycles. The maximum atomic E-state index is 12.3. The number of rotatable bonds is 5. The van der Waals surface area contributed by atoms with Crippen LogP contribution in [0.5, 0.6) is 0 Å². The van der Waals surface area contributed by atoms with Gasteiger partial charge in [-0.15, -0.1) is 0 Å². The van der Waals surface area contributed by atoms with Crippen molar-refractivity contribution in [3.63, 3.8) is 0 Å². The second-order valence-corrected chi connectivity index (χ2v) is 5.35. The molecule has 20 heavy (non-hydrogen) atoms. The van der Waals surface area contributed by atoms with Crippen molar-refractivity contribution in [3.05, 3.63) is 35.4 Å². The summed E-state index contributed by atoms with van der Waals surface area (Å²) in [4.78, 5) is 12.3. The quantitative estimate of drug-likeness (QED) is 0.609. The van der Waals surface area contributed by atoms with E-state index in [1.165, 1.54) is 11.1 Å². The van der Waals surface area contributed by atoms with Crippen molar-refractivity contribution in [3.8, 4) is 0 Å². The molecule has 1 heterocycles. The number of hydrogen-bond donors (Lipinski definition) is 4. The zero-order chi connectivity index (χ0) is 14.6. The monoisotopic (exact) mass is 278 g/mol. The maximum absolute atomic E-state index is 12.3. The fourth-order valence-electron chi connectivity index (χ4n) is 2.43. The van der Waals surface area contributed by atoms with Crippen molar-refractivity contribution >= 4 is 5.91 Å². The third-order valence-corrected chi connectivity index (χ3v) is 4.07. The summed E-state index contributed by atoms with van der Waals surface area (Å²) < 4.78 is 0. The van der Waals surface area contributed by atoms with Crippen molar-refractivity contribution < 1.29 is 15.0 Å². The molecule has 5 heteroatoms. The van der Waals surface area contributed by atoms with Crippen LogP contribution in [0.2, 0.25) is 0 Å². The molecular formula is C15H22N2O3. The predicted octanol–water partition coefficient (Wildman–Crippen LogP) is -0.0495. The van der Waals surface area contributed by atoms with Crippen molar-refractivity contribution in [1.82, 2.24) is 10.6 Å². The molecule has 1 amide bonds. The van der Waals surface area contributed by atoms with Gasteiger partial charge in [0.2, 0.25) is 5.91 Å². The van der Waals surface area contributed by atoms with Crippen molar-refractivity contribution in [2.75, 3.05) is 13.2 Å². The molecule has 0 radical (unpaired) electrons. The SMILES string of the molecule is CCC(CO)(CO)NC(=O)C1Cc2ccccc2CN1. The van der Waals surface area contributed by atoms with Gasteiger partial charge in [-0.05, 0) is 24.0 Å². The minimum atomic E-state index is -0.935.